The van der Waals surface area contributed by atoms with Gasteiger partial charge in [-0.1, -0.05) is 30.4 Å². The highest BCUT2D eigenvalue weighted by Gasteiger charge is 2.12. The molecule has 2 rings (SSSR count). The van der Waals surface area contributed by atoms with Gasteiger partial charge in [0, 0.05) is 43.9 Å². The summed E-state index contributed by atoms with van der Waals surface area (Å²) in [7, 11) is 5.73. The number of likely N-dealkylation sites (N-methyl/N-ethyl adjacent to an activating group) is 1. The summed E-state index contributed by atoms with van der Waals surface area (Å²) in [5.74, 6) is 0.429. The Morgan fingerprint density at radius 1 is 1.11 bits per heavy atom. The van der Waals surface area contributed by atoms with Gasteiger partial charge in [-0.3, -0.25) is 0 Å². The van der Waals surface area contributed by atoms with Crippen LogP contribution >= 0.6 is 11.9 Å². The smallest absolute Gasteiger partial charge is 0.166 e. The number of hydrogen-bond donors (Lipinski definition) is 1. The summed E-state index contributed by atoms with van der Waals surface area (Å²) in [5, 5.41) is 0. The number of allylic oxidation sites excluding steroid dienone is 1. The SMILES string of the molecule is C=C.C=C(N)CN(CCN(C)C)Sc1ccc(Oc2ccc(C)cc2)c(F)c1.C=CCCCOC. The number of rotatable bonds is 13. The predicted molar refractivity (Wildman–Crippen MR) is 150 cm³/mol. The summed E-state index contributed by atoms with van der Waals surface area (Å²) in [6.07, 6.45) is 4.06. The van der Waals surface area contributed by atoms with Crippen LogP contribution in [0.3, 0.4) is 0 Å². The van der Waals surface area contributed by atoms with Gasteiger partial charge in [0.2, 0.25) is 0 Å². The van der Waals surface area contributed by atoms with Gasteiger partial charge in [0.25, 0.3) is 0 Å². The maximum atomic E-state index is 14.4. The second-order valence-corrected chi connectivity index (χ2v) is 9.02. The lowest BCUT2D eigenvalue weighted by Crippen LogP contribution is -2.29. The van der Waals surface area contributed by atoms with Crippen molar-refractivity contribution in [3.05, 3.63) is 91.9 Å². The van der Waals surface area contributed by atoms with Crippen molar-refractivity contribution in [2.24, 2.45) is 5.73 Å². The maximum Gasteiger partial charge on any atom is 0.166 e. The molecule has 0 fully saturated rings. The van der Waals surface area contributed by atoms with E-state index in [-0.39, 0.29) is 5.75 Å². The van der Waals surface area contributed by atoms with Crippen LogP contribution in [-0.4, -0.2) is 56.7 Å². The molecule has 0 unspecified atom stereocenters. The molecule has 0 aromatic heterocycles. The van der Waals surface area contributed by atoms with E-state index in [4.69, 9.17) is 15.2 Å². The normalized spacial score (nSPS) is 10.1. The molecule has 5 nitrogen and oxygen atoms in total. The number of benzene rings is 2. The monoisotopic (exact) mass is 503 g/mol. The molecular weight excluding hydrogens is 461 g/mol. The van der Waals surface area contributed by atoms with Crippen molar-refractivity contribution >= 4 is 11.9 Å². The second kappa shape index (κ2) is 19.7. The number of unbranched alkanes of at least 4 members (excludes halogenated alkanes) is 1. The van der Waals surface area contributed by atoms with Crippen LogP contribution in [0.25, 0.3) is 0 Å². The summed E-state index contributed by atoms with van der Waals surface area (Å²) in [4.78, 5) is 2.88. The minimum atomic E-state index is -0.394. The Balaban J connectivity index is 0.00000110. The zero-order valence-electron chi connectivity index (χ0n) is 21.8. The third-order valence-electron chi connectivity index (χ3n) is 4.32. The minimum absolute atomic E-state index is 0.210. The lowest BCUT2D eigenvalue weighted by atomic mass is 10.2. The molecule has 2 aromatic carbocycles. The summed E-state index contributed by atoms with van der Waals surface area (Å²) < 4.78 is 26.9. The van der Waals surface area contributed by atoms with Crippen molar-refractivity contribution in [2.75, 3.05) is 47.4 Å². The van der Waals surface area contributed by atoms with E-state index in [1.807, 2.05) is 57.4 Å². The number of nitrogens with two attached hydrogens (primary N) is 1. The first-order chi connectivity index (χ1) is 16.7. The highest BCUT2D eigenvalue weighted by atomic mass is 32.2. The van der Waals surface area contributed by atoms with E-state index < -0.39 is 5.82 Å². The van der Waals surface area contributed by atoms with Gasteiger partial charge in [0.1, 0.15) is 5.75 Å². The quantitative estimate of drug-likeness (QED) is 0.187. The van der Waals surface area contributed by atoms with Crippen LogP contribution in [0, 0.1) is 12.7 Å². The summed E-state index contributed by atoms with van der Waals surface area (Å²) in [6.45, 7) is 18.4. The third kappa shape index (κ3) is 15.9. The van der Waals surface area contributed by atoms with Crippen molar-refractivity contribution in [1.29, 1.82) is 0 Å². The molecule has 0 aliphatic carbocycles. The molecule has 194 valence electrons. The summed E-state index contributed by atoms with van der Waals surface area (Å²) in [5.41, 5.74) is 7.46. The first-order valence-corrected chi connectivity index (χ1v) is 12.2. The number of hydrogen-bond acceptors (Lipinski definition) is 6. The summed E-state index contributed by atoms with van der Waals surface area (Å²) in [6, 6.07) is 12.5. The zero-order valence-corrected chi connectivity index (χ0v) is 22.6. The van der Waals surface area contributed by atoms with Gasteiger partial charge in [0.05, 0.1) is 0 Å². The average Bonchev–Trinajstić information content (AvgIpc) is 2.82. The average molecular weight is 504 g/mol. The van der Waals surface area contributed by atoms with E-state index in [2.05, 4.69) is 35.5 Å². The topological polar surface area (TPSA) is 51.0 Å². The summed E-state index contributed by atoms with van der Waals surface area (Å²) >= 11 is 1.46. The highest BCUT2D eigenvalue weighted by molar-refractivity contribution is 7.97. The number of nitrogens with zero attached hydrogens (tertiary/aromatic N) is 2. The molecule has 2 aromatic rings. The molecule has 0 aliphatic rings. The van der Waals surface area contributed by atoms with Gasteiger partial charge in [0.15, 0.2) is 11.6 Å². The molecule has 7 heteroatoms. The van der Waals surface area contributed by atoms with Crippen LogP contribution in [0.1, 0.15) is 18.4 Å². The van der Waals surface area contributed by atoms with E-state index in [0.717, 1.165) is 43.0 Å². The van der Waals surface area contributed by atoms with Gasteiger partial charge < -0.3 is 20.1 Å². The minimum Gasteiger partial charge on any atom is -0.454 e. The molecule has 2 N–H and O–H groups in total. The fourth-order valence-corrected chi connectivity index (χ4v) is 3.56. The van der Waals surface area contributed by atoms with Crippen LogP contribution in [0.2, 0.25) is 0 Å². The lowest BCUT2D eigenvalue weighted by molar-refractivity contribution is 0.196. The Kier molecular flexibility index (Phi) is 18.2. The van der Waals surface area contributed by atoms with Gasteiger partial charge in [-0.2, -0.15) is 0 Å². The van der Waals surface area contributed by atoms with Gasteiger partial charge >= 0.3 is 0 Å². The Labute approximate surface area is 216 Å². The molecule has 35 heavy (non-hydrogen) atoms. The molecular formula is C28H42FN3O2S. The van der Waals surface area contributed by atoms with Crippen LogP contribution in [-0.2, 0) is 4.74 Å². The Hall–Kier alpha value is -2.58. The van der Waals surface area contributed by atoms with Crippen LogP contribution in [0.15, 0.2) is 85.4 Å². The third-order valence-corrected chi connectivity index (χ3v) is 5.35. The van der Waals surface area contributed by atoms with Crippen molar-refractivity contribution in [3.63, 3.8) is 0 Å². The number of methoxy groups -OCH3 is 1. The molecule has 0 radical (unpaired) electrons. The lowest BCUT2D eigenvalue weighted by Gasteiger charge is -2.23. The molecule has 0 bridgehead atoms. The zero-order chi connectivity index (χ0) is 26.6. The number of aryl methyl sites for hydroxylation is 1. The predicted octanol–water partition coefficient (Wildman–Crippen LogP) is 6.67. The van der Waals surface area contributed by atoms with E-state index in [1.165, 1.54) is 18.0 Å². The maximum absolute atomic E-state index is 14.4. The van der Waals surface area contributed by atoms with Crippen LogP contribution in [0.4, 0.5) is 4.39 Å². The molecule has 0 heterocycles. The van der Waals surface area contributed by atoms with E-state index in [9.17, 15) is 4.39 Å². The van der Waals surface area contributed by atoms with E-state index in [1.54, 1.807) is 13.2 Å². The number of ether oxygens (including phenoxy) is 2. The van der Waals surface area contributed by atoms with Crippen LogP contribution < -0.4 is 10.5 Å². The largest absolute Gasteiger partial charge is 0.454 e. The molecule has 0 saturated heterocycles. The van der Waals surface area contributed by atoms with E-state index >= 15 is 0 Å². The Bertz CT molecular complexity index is 860. The Morgan fingerprint density at radius 3 is 2.29 bits per heavy atom. The standard InChI is InChI=1S/C20H26FN3OS.C6H12O.C2H4/c1-15-5-7-17(8-6-15)25-20-10-9-18(13-19(20)21)26-24(14-16(2)22)12-11-23(3)4;1-3-4-5-6-7-2;1-2/h5-10,13H,2,11-12,14,22H2,1,3-4H3;3H,1,4-6H2,2H3;1-2H2. The van der Waals surface area contributed by atoms with Crippen molar-refractivity contribution in [1.82, 2.24) is 9.21 Å². The molecule has 0 saturated carbocycles. The fraction of sp³-hybridized carbons (Fsp3) is 0.357. The molecule has 0 aliphatic heterocycles. The van der Waals surface area contributed by atoms with Crippen molar-refractivity contribution < 1.29 is 13.9 Å². The Morgan fingerprint density at radius 2 is 1.77 bits per heavy atom. The molecule has 0 atom stereocenters. The van der Waals surface area contributed by atoms with Gasteiger partial charge in [-0.15, -0.1) is 19.7 Å². The second-order valence-electron chi connectivity index (χ2n) is 7.85. The van der Waals surface area contributed by atoms with Crippen molar-refractivity contribution in [2.45, 2.75) is 24.7 Å². The van der Waals surface area contributed by atoms with Gasteiger partial charge in [-0.25, -0.2) is 8.70 Å². The fourth-order valence-electron chi connectivity index (χ4n) is 2.57. The van der Waals surface area contributed by atoms with E-state index in [0.29, 0.717) is 18.0 Å². The van der Waals surface area contributed by atoms with Crippen molar-refractivity contribution in [3.8, 4) is 11.5 Å². The van der Waals surface area contributed by atoms with Crippen LogP contribution in [0.5, 0.6) is 11.5 Å². The molecule has 0 spiro atoms. The first-order valence-electron chi connectivity index (χ1n) is 11.4. The highest BCUT2D eigenvalue weighted by Crippen LogP contribution is 2.30. The number of halogens is 1. The first kappa shape index (κ1) is 32.4. The molecule has 0 amide bonds. The van der Waals surface area contributed by atoms with Gasteiger partial charge in [-0.05, 0) is 76.1 Å².